The first-order chi connectivity index (χ1) is 8.54. The van der Waals surface area contributed by atoms with Crippen LogP contribution in [0.15, 0.2) is 12.1 Å². The van der Waals surface area contributed by atoms with E-state index in [-0.39, 0.29) is 11.8 Å². The molecular weight excluding hydrogens is 261 g/mol. The van der Waals surface area contributed by atoms with Crippen LogP contribution in [0.25, 0.3) is 0 Å². The summed E-state index contributed by atoms with van der Waals surface area (Å²) in [5, 5.41) is 0. The summed E-state index contributed by atoms with van der Waals surface area (Å²) in [5.41, 5.74) is 7.55. The summed E-state index contributed by atoms with van der Waals surface area (Å²) in [7, 11) is -0.703. The first-order valence-corrected chi connectivity index (χ1v) is 8.98. The molecule has 0 aliphatic heterocycles. The van der Waals surface area contributed by atoms with Crippen molar-refractivity contribution in [2.45, 2.75) is 26.2 Å². The maximum atomic E-state index is 11.8. The van der Waals surface area contributed by atoms with Crippen molar-refractivity contribution in [1.82, 2.24) is 0 Å². The van der Waals surface area contributed by atoms with Gasteiger partial charge in [-0.1, -0.05) is 20.8 Å². The van der Waals surface area contributed by atoms with Gasteiger partial charge in [-0.15, -0.1) is 0 Å². The third kappa shape index (κ3) is 4.46. The van der Waals surface area contributed by atoms with Gasteiger partial charge in [0.25, 0.3) is 0 Å². The topological polar surface area (TPSA) is 61.6 Å². The number of nitrogen functional groups attached to an aromatic ring is 1. The molecule has 0 spiro atoms. The lowest BCUT2D eigenvalue weighted by Crippen LogP contribution is -2.13. The minimum atomic E-state index is -2.25. The van der Waals surface area contributed by atoms with E-state index in [1.54, 1.807) is 20.4 Å². The van der Waals surface area contributed by atoms with E-state index in [9.17, 15) is 4.57 Å². The average Bonchev–Trinajstić information content (AvgIpc) is 2.23. The minimum absolute atomic E-state index is 0.0410. The molecule has 19 heavy (non-hydrogen) atoms. The minimum Gasteiger partial charge on any atom is -0.491 e. The summed E-state index contributed by atoms with van der Waals surface area (Å²) in [5.74, 6) is 1.05. The lowest BCUT2D eigenvalue weighted by Gasteiger charge is -2.22. The highest BCUT2D eigenvalue weighted by atomic mass is 31.2. The van der Waals surface area contributed by atoms with E-state index in [4.69, 9.17) is 15.2 Å². The fourth-order valence-electron chi connectivity index (χ4n) is 1.61. The molecule has 0 unspecified atom stereocenters. The van der Waals surface area contributed by atoms with Crippen molar-refractivity contribution < 1.29 is 14.0 Å². The lowest BCUT2D eigenvalue weighted by molar-refractivity contribution is 0.337. The normalized spacial score (nSPS) is 12.3. The Hall–Kier alpha value is -1.15. The third-order valence-corrected chi connectivity index (χ3v) is 3.44. The highest BCUT2D eigenvalue weighted by Gasteiger charge is 2.20. The fraction of sp³-hybridized carbons (Fsp3) is 0.571. The number of rotatable bonds is 4. The number of ether oxygens (including phenoxy) is 2. The molecule has 0 bridgehead atoms. The van der Waals surface area contributed by atoms with Crippen LogP contribution in [0.4, 0.5) is 5.69 Å². The first-order valence-electron chi connectivity index (χ1n) is 6.19. The molecule has 0 amide bonds. The van der Waals surface area contributed by atoms with Crippen LogP contribution in [0.1, 0.15) is 26.3 Å². The van der Waals surface area contributed by atoms with E-state index in [0.717, 1.165) is 5.56 Å². The van der Waals surface area contributed by atoms with Crippen molar-refractivity contribution in [2.75, 3.05) is 32.5 Å². The Labute approximate surface area is 115 Å². The predicted octanol–water partition coefficient (Wildman–Crippen LogP) is 3.53. The average molecular weight is 285 g/mol. The zero-order valence-electron chi connectivity index (χ0n) is 12.6. The molecule has 0 saturated heterocycles. The highest BCUT2D eigenvalue weighted by Crippen LogP contribution is 2.42. The van der Waals surface area contributed by atoms with Crippen molar-refractivity contribution in [3.8, 4) is 11.5 Å². The van der Waals surface area contributed by atoms with Crippen molar-refractivity contribution >= 4 is 12.8 Å². The van der Waals surface area contributed by atoms with Gasteiger partial charge >= 0.3 is 0 Å². The smallest absolute Gasteiger partial charge is 0.183 e. The van der Waals surface area contributed by atoms with Gasteiger partial charge in [0, 0.05) is 0 Å². The zero-order chi connectivity index (χ0) is 14.8. The maximum Gasteiger partial charge on any atom is 0.183 e. The van der Waals surface area contributed by atoms with Crippen LogP contribution in [-0.4, -0.2) is 26.8 Å². The molecule has 1 rings (SSSR count). The second kappa shape index (κ2) is 5.46. The molecule has 108 valence electrons. The maximum absolute atomic E-state index is 11.8. The third-order valence-electron chi connectivity index (χ3n) is 2.68. The van der Waals surface area contributed by atoms with E-state index >= 15 is 0 Å². The van der Waals surface area contributed by atoms with Crippen LogP contribution in [0.3, 0.4) is 0 Å². The van der Waals surface area contributed by atoms with E-state index in [2.05, 4.69) is 20.8 Å². The predicted molar refractivity (Wildman–Crippen MR) is 81.1 cm³/mol. The molecule has 1 aromatic rings. The van der Waals surface area contributed by atoms with Crippen molar-refractivity contribution in [3.05, 3.63) is 17.7 Å². The van der Waals surface area contributed by atoms with E-state index in [1.807, 2.05) is 12.1 Å². The molecule has 0 saturated carbocycles. The van der Waals surface area contributed by atoms with Crippen LogP contribution >= 0.6 is 7.14 Å². The standard InChI is InChI=1S/C14H24NO3P/c1-14(2,3)10-7-11(15)13(17-4)12(8-10)18-9-19(5,6)16/h7-8H,9,15H2,1-6H3. The number of nitrogens with two attached hydrogens (primary N) is 1. The Bertz CT molecular complexity index is 500. The monoisotopic (exact) mass is 285 g/mol. The second-order valence-electron chi connectivity index (χ2n) is 6.19. The molecule has 1 aromatic carbocycles. The number of hydrogen-bond donors (Lipinski definition) is 1. The zero-order valence-corrected chi connectivity index (χ0v) is 13.5. The summed E-state index contributed by atoms with van der Waals surface area (Å²) in [4.78, 5) is 0. The van der Waals surface area contributed by atoms with Gasteiger partial charge in [-0.25, -0.2) is 0 Å². The second-order valence-corrected chi connectivity index (χ2v) is 9.60. The fourth-order valence-corrected chi connectivity index (χ4v) is 2.06. The van der Waals surface area contributed by atoms with Gasteiger partial charge in [0.15, 0.2) is 11.5 Å². The highest BCUT2D eigenvalue weighted by molar-refractivity contribution is 7.62. The molecule has 0 aromatic heterocycles. The molecule has 0 aliphatic carbocycles. The Kier molecular flexibility index (Phi) is 4.57. The van der Waals surface area contributed by atoms with E-state index in [1.165, 1.54) is 0 Å². The molecule has 5 heteroatoms. The van der Waals surface area contributed by atoms with Crippen LogP contribution < -0.4 is 15.2 Å². The van der Waals surface area contributed by atoms with Crippen LogP contribution in [0.2, 0.25) is 0 Å². The van der Waals surface area contributed by atoms with Gasteiger partial charge < -0.3 is 19.8 Å². The van der Waals surface area contributed by atoms with E-state index in [0.29, 0.717) is 17.2 Å². The number of hydrogen-bond acceptors (Lipinski definition) is 4. The SMILES string of the molecule is COc1c(N)cc(C(C)(C)C)cc1OCP(C)(C)=O. The molecule has 4 nitrogen and oxygen atoms in total. The Morgan fingerprint density at radius 1 is 1.26 bits per heavy atom. The first kappa shape index (κ1) is 15.9. The van der Waals surface area contributed by atoms with Gasteiger partial charge in [-0.2, -0.15) is 0 Å². The number of benzene rings is 1. The van der Waals surface area contributed by atoms with Crippen molar-refractivity contribution in [2.24, 2.45) is 0 Å². The Morgan fingerprint density at radius 2 is 1.84 bits per heavy atom. The Morgan fingerprint density at radius 3 is 2.26 bits per heavy atom. The largest absolute Gasteiger partial charge is 0.491 e. The molecule has 0 atom stereocenters. The van der Waals surface area contributed by atoms with Gasteiger partial charge in [-0.3, -0.25) is 0 Å². The van der Waals surface area contributed by atoms with Gasteiger partial charge in [-0.05, 0) is 36.4 Å². The summed E-state index contributed by atoms with van der Waals surface area (Å²) in [6.45, 7) is 9.68. The Balaban J connectivity index is 3.19. The van der Waals surface area contributed by atoms with Crippen molar-refractivity contribution in [3.63, 3.8) is 0 Å². The molecule has 0 heterocycles. The molecule has 0 radical (unpaired) electrons. The summed E-state index contributed by atoms with van der Waals surface area (Å²) < 4.78 is 22.7. The molecule has 0 aliphatic rings. The summed E-state index contributed by atoms with van der Waals surface area (Å²) in [6, 6.07) is 3.80. The van der Waals surface area contributed by atoms with Crippen molar-refractivity contribution in [1.29, 1.82) is 0 Å². The summed E-state index contributed by atoms with van der Waals surface area (Å²) in [6.07, 6.45) is 0.177. The van der Waals surface area contributed by atoms with Gasteiger partial charge in [0.1, 0.15) is 13.5 Å². The summed E-state index contributed by atoms with van der Waals surface area (Å²) >= 11 is 0. The molecular formula is C14H24NO3P. The molecule has 2 N–H and O–H groups in total. The van der Waals surface area contributed by atoms with Crippen LogP contribution in [-0.2, 0) is 9.98 Å². The number of methoxy groups -OCH3 is 1. The number of anilines is 1. The van der Waals surface area contributed by atoms with E-state index < -0.39 is 7.14 Å². The van der Waals surface area contributed by atoms with Crippen LogP contribution in [0, 0.1) is 0 Å². The molecule has 0 fully saturated rings. The lowest BCUT2D eigenvalue weighted by atomic mass is 9.86. The van der Waals surface area contributed by atoms with Crippen LogP contribution in [0.5, 0.6) is 11.5 Å². The quantitative estimate of drug-likeness (QED) is 0.679. The van der Waals surface area contributed by atoms with Gasteiger partial charge in [0.05, 0.1) is 12.8 Å². The van der Waals surface area contributed by atoms with Gasteiger partial charge in [0.2, 0.25) is 0 Å².